The van der Waals surface area contributed by atoms with Crippen molar-refractivity contribution in [3.8, 4) is 0 Å². The van der Waals surface area contributed by atoms with Crippen LogP contribution >= 0.6 is 0 Å². The molecule has 2 aromatic rings. The van der Waals surface area contributed by atoms with E-state index in [-0.39, 0.29) is 0 Å². The van der Waals surface area contributed by atoms with Crippen LogP contribution in [0.15, 0.2) is 24.3 Å². The minimum atomic E-state index is 1.21. The van der Waals surface area contributed by atoms with Crippen LogP contribution < -0.4 is 0 Å². The lowest BCUT2D eigenvalue weighted by Crippen LogP contribution is -1.90. The molecule has 0 saturated carbocycles. The van der Waals surface area contributed by atoms with Crippen LogP contribution in [0, 0.1) is 6.92 Å². The maximum absolute atomic E-state index is 2.45. The van der Waals surface area contributed by atoms with Crippen LogP contribution in [-0.4, -0.2) is 4.57 Å². The molecule has 13 heavy (non-hydrogen) atoms. The molecule has 1 aliphatic heterocycles. The molecule has 0 bridgehead atoms. The Labute approximate surface area is 78.0 Å². The molecule has 0 radical (unpaired) electrons. The summed E-state index contributed by atoms with van der Waals surface area (Å²) in [5.41, 5.74) is 4.29. The van der Waals surface area contributed by atoms with Gasteiger partial charge in [0.05, 0.1) is 0 Å². The third-order valence-corrected chi connectivity index (χ3v) is 2.96. The number of rotatable bonds is 0. The number of aryl methyl sites for hydroxylation is 3. The lowest BCUT2D eigenvalue weighted by atomic mass is 10.1. The fourth-order valence-electron chi connectivity index (χ4n) is 2.34. The molecule has 1 aromatic carbocycles. The molecule has 0 unspecified atom stereocenters. The minimum absolute atomic E-state index is 1.21. The Bertz CT molecular complexity index is 465. The third-order valence-electron chi connectivity index (χ3n) is 2.96. The van der Waals surface area contributed by atoms with E-state index in [4.69, 9.17) is 0 Å². The maximum atomic E-state index is 2.45. The molecule has 1 nitrogen and oxygen atoms in total. The standard InChI is InChI=1S/C12H13N/c1-9-4-5-12-10(7-9)8-11-3-2-6-13(11)12/h4-5,7-8H,2-3,6H2,1H3. The van der Waals surface area contributed by atoms with Gasteiger partial charge >= 0.3 is 0 Å². The second kappa shape index (κ2) is 2.38. The monoisotopic (exact) mass is 171 g/mol. The Hall–Kier alpha value is -1.24. The van der Waals surface area contributed by atoms with Crippen molar-refractivity contribution >= 4 is 10.9 Å². The zero-order chi connectivity index (χ0) is 8.84. The zero-order valence-corrected chi connectivity index (χ0v) is 7.88. The average Bonchev–Trinajstić information content (AvgIpc) is 2.62. The molecule has 0 spiro atoms. The number of hydrogen-bond donors (Lipinski definition) is 0. The predicted octanol–water partition coefficient (Wildman–Crippen LogP) is 2.90. The first-order valence-corrected chi connectivity index (χ1v) is 4.93. The van der Waals surface area contributed by atoms with Gasteiger partial charge in [-0.25, -0.2) is 0 Å². The van der Waals surface area contributed by atoms with Crippen molar-refractivity contribution in [2.75, 3.05) is 0 Å². The largest absolute Gasteiger partial charge is 0.345 e. The summed E-state index contributed by atoms with van der Waals surface area (Å²) >= 11 is 0. The van der Waals surface area contributed by atoms with Crippen molar-refractivity contribution < 1.29 is 0 Å². The fraction of sp³-hybridized carbons (Fsp3) is 0.333. The van der Waals surface area contributed by atoms with E-state index in [2.05, 4.69) is 35.8 Å². The average molecular weight is 171 g/mol. The number of nitrogens with zero attached hydrogens (tertiary/aromatic N) is 1. The van der Waals surface area contributed by atoms with Crippen LogP contribution in [0.5, 0.6) is 0 Å². The molecule has 0 atom stereocenters. The number of benzene rings is 1. The van der Waals surface area contributed by atoms with Crippen LogP contribution in [0.25, 0.3) is 10.9 Å². The lowest BCUT2D eigenvalue weighted by Gasteiger charge is -1.99. The Morgan fingerprint density at radius 1 is 1.23 bits per heavy atom. The number of hydrogen-bond acceptors (Lipinski definition) is 0. The molecule has 0 N–H and O–H groups in total. The van der Waals surface area contributed by atoms with Crippen molar-refractivity contribution in [2.45, 2.75) is 26.3 Å². The van der Waals surface area contributed by atoms with Gasteiger partial charge < -0.3 is 4.57 Å². The third kappa shape index (κ3) is 0.932. The summed E-state index contributed by atoms with van der Waals surface area (Å²) in [5.74, 6) is 0. The summed E-state index contributed by atoms with van der Waals surface area (Å²) in [7, 11) is 0. The molecule has 1 aromatic heterocycles. The van der Waals surface area contributed by atoms with E-state index in [0.29, 0.717) is 0 Å². The van der Waals surface area contributed by atoms with Crippen LogP contribution in [0.4, 0.5) is 0 Å². The van der Waals surface area contributed by atoms with E-state index in [9.17, 15) is 0 Å². The smallest absolute Gasteiger partial charge is 0.0482 e. The highest BCUT2D eigenvalue weighted by Gasteiger charge is 2.13. The summed E-state index contributed by atoms with van der Waals surface area (Å²) in [6.45, 7) is 3.37. The number of fused-ring (bicyclic) bond motifs is 3. The summed E-state index contributed by atoms with van der Waals surface area (Å²) in [6, 6.07) is 9.07. The van der Waals surface area contributed by atoms with Crippen LogP contribution in [0.1, 0.15) is 17.7 Å². The minimum Gasteiger partial charge on any atom is -0.345 e. The highest BCUT2D eigenvalue weighted by molar-refractivity contribution is 5.82. The van der Waals surface area contributed by atoms with Gasteiger partial charge in [0.25, 0.3) is 0 Å². The molecule has 66 valence electrons. The Balaban J connectivity index is 2.38. The molecule has 0 fully saturated rings. The molecule has 2 heterocycles. The van der Waals surface area contributed by atoms with Gasteiger partial charge in [0, 0.05) is 23.1 Å². The van der Waals surface area contributed by atoms with E-state index in [0.717, 1.165) is 0 Å². The van der Waals surface area contributed by atoms with Gasteiger partial charge in [0.15, 0.2) is 0 Å². The second-order valence-electron chi connectivity index (χ2n) is 3.95. The summed E-state index contributed by atoms with van der Waals surface area (Å²) in [5, 5.41) is 1.41. The molecular weight excluding hydrogens is 158 g/mol. The Morgan fingerprint density at radius 2 is 2.15 bits per heavy atom. The van der Waals surface area contributed by atoms with Crippen molar-refractivity contribution in [3.63, 3.8) is 0 Å². The highest BCUT2D eigenvalue weighted by atomic mass is 15.0. The summed E-state index contributed by atoms with van der Waals surface area (Å²) in [6.07, 6.45) is 2.58. The lowest BCUT2D eigenvalue weighted by molar-refractivity contribution is 0.772. The molecular formula is C12H13N. The molecule has 0 saturated heterocycles. The van der Waals surface area contributed by atoms with Gasteiger partial charge in [-0.2, -0.15) is 0 Å². The van der Waals surface area contributed by atoms with Gasteiger partial charge in [-0.15, -0.1) is 0 Å². The maximum Gasteiger partial charge on any atom is 0.0482 e. The highest BCUT2D eigenvalue weighted by Crippen LogP contribution is 2.26. The van der Waals surface area contributed by atoms with Gasteiger partial charge in [-0.05, 0) is 38.0 Å². The van der Waals surface area contributed by atoms with E-state index >= 15 is 0 Å². The first-order valence-electron chi connectivity index (χ1n) is 4.93. The SMILES string of the molecule is Cc1ccc2c(c1)cc1n2CCC1. The zero-order valence-electron chi connectivity index (χ0n) is 7.88. The van der Waals surface area contributed by atoms with Crippen LogP contribution in [0.2, 0.25) is 0 Å². The Morgan fingerprint density at radius 3 is 3.08 bits per heavy atom. The summed E-state index contributed by atoms with van der Waals surface area (Å²) < 4.78 is 2.45. The van der Waals surface area contributed by atoms with Crippen molar-refractivity contribution in [2.24, 2.45) is 0 Å². The van der Waals surface area contributed by atoms with E-state index in [1.807, 2.05) is 0 Å². The van der Waals surface area contributed by atoms with E-state index < -0.39 is 0 Å². The quantitative estimate of drug-likeness (QED) is 0.574. The normalized spacial score (nSPS) is 15.2. The topological polar surface area (TPSA) is 4.93 Å². The molecule has 1 aliphatic rings. The number of aromatic nitrogens is 1. The van der Waals surface area contributed by atoms with E-state index in [1.54, 1.807) is 0 Å². The first-order chi connectivity index (χ1) is 6.34. The first kappa shape index (κ1) is 7.19. The second-order valence-corrected chi connectivity index (χ2v) is 3.95. The van der Waals surface area contributed by atoms with Crippen molar-refractivity contribution in [3.05, 3.63) is 35.5 Å². The summed E-state index contributed by atoms with van der Waals surface area (Å²) in [4.78, 5) is 0. The van der Waals surface area contributed by atoms with Crippen molar-refractivity contribution in [1.29, 1.82) is 0 Å². The van der Waals surface area contributed by atoms with Gasteiger partial charge in [-0.1, -0.05) is 11.6 Å². The van der Waals surface area contributed by atoms with Crippen LogP contribution in [0.3, 0.4) is 0 Å². The predicted molar refractivity (Wildman–Crippen MR) is 55.0 cm³/mol. The molecule has 3 rings (SSSR count). The Kier molecular flexibility index (Phi) is 1.32. The van der Waals surface area contributed by atoms with Gasteiger partial charge in [0.2, 0.25) is 0 Å². The van der Waals surface area contributed by atoms with Crippen LogP contribution in [-0.2, 0) is 13.0 Å². The fourth-order valence-corrected chi connectivity index (χ4v) is 2.34. The van der Waals surface area contributed by atoms with Gasteiger partial charge in [-0.3, -0.25) is 0 Å². The molecule has 0 amide bonds. The van der Waals surface area contributed by atoms with E-state index in [1.165, 1.54) is 41.5 Å². The van der Waals surface area contributed by atoms with Gasteiger partial charge in [0.1, 0.15) is 0 Å². The molecule has 1 heteroatoms. The van der Waals surface area contributed by atoms with Crippen molar-refractivity contribution in [1.82, 2.24) is 4.57 Å². The molecule has 0 aliphatic carbocycles.